The molecule has 1 heterocycles. The van der Waals surface area contributed by atoms with Crippen LogP contribution in [-0.4, -0.2) is 48.9 Å². The Kier molecular flexibility index (Phi) is 3.96. The number of aromatic nitrogens is 2. The second-order valence-electron chi connectivity index (χ2n) is 4.16. The van der Waals surface area contributed by atoms with Gasteiger partial charge in [0.05, 0.1) is 5.69 Å². The van der Waals surface area contributed by atoms with E-state index in [9.17, 15) is 0 Å². The summed E-state index contributed by atoms with van der Waals surface area (Å²) in [5.41, 5.74) is 6.58. The molecule has 0 bridgehead atoms. The van der Waals surface area contributed by atoms with E-state index in [1.54, 1.807) is 4.68 Å². The van der Waals surface area contributed by atoms with Crippen molar-refractivity contribution in [1.82, 2.24) is 14.7 Å². The van der Waals surface area contributed by atoms with Crippen molar-refractivity contribution in [2.24, 2.45) is 7.05 Å². The lowest BCUT2D eigenvalue weighted by Crippen LogP contribution is -2.24. The van der Waals surface area contributed by atoms with Crippen LogP contribution in [0.5, 0.6) is 0 Å². The van der Waals surface area contributed by atoms with E-state index in [1.807, 2.05) is 20.3 Å². The second kappa shape index (κ2) is 5.02. The Morgan fingerprint density at radius 2 is 2.00 bits per heavy atom. The molecule has 5 nitrogen and oxygen atoms in total. The van der Waals surface area contributed by atoms with Crippen molar-refractivity contribution < 1.29 is 0 Å². The number of hydrogen-bond donors (Lipinski definition) is 1. The molecule has 0 amide bonds. The largest absolute Gasteiger partial charge is 0.394 e. The summed E-state index contributed by atoms with van der Waals surface area (Å²) >= 11 is 0. The molecule has 0 fully saturated rings. The minimum atomic E-state index is 0.741. The molecule has 0 aromatic carbocycles. The topological polar surface area (TPSA) is 50.3 Å². The number of rotatable bonds is 5. The van der Waals surface area contributed by atoms with Gasteiger partial charge in [0.25, 0.3) is 0 Å². The Hall–Kier alpha value is -1.23. The molecule has 0 atom stereocenters. The van der Waals surface area contributed by atoms with Crippen molar-refractivity contribution in [2.45, 2.75) is 6.42 Å². The van der Waals surface area contributed by atoms with Crippen molar-refractivity contribution in [3.63, 3.8) is 0 Å². The molecule has 0 saturated carbocycles. The molecule has 0 aliphatic carbocycles. The van der Waals surface area contributed by atoms with E-state index >= 15 is 0 Å². The zero-order valence-electron chi connectivity index (χ0n) is 10.1. The first-order valence-corrected chi connectivity index (χ1v) is 5.15. The highest BCUT2D eigenvalue weighted by Gasteiger charge is 2.08. The summed E-state index contributed by atoms with van der Waals surface area (Å²) in [6.45, 7) is 2.05. The molecule has 0 saturated heterocycles. The average molecular weight is 211 g/mol. The van der Waals surface area contributed by atoms with Crippen LogP contribution in [0.2, 0.25) is 0 Å². The average Bonchev–Trinajstić information content (AvgIpc) is 2.44. The number of nitrogens with zero attached hydrogens (tertiary/aromatic N) is 4. The lowest BCUT2D eigenvalue weighted by atomic mass is 10.3. The molecule has 86 valence electrons. The van der Waals surface area contributed by atoms with Crippen molar-refractivity contribution in [3.05, 3.63) is 6.20 Å². The number of aryl methyl sites for hydroxylation is 1. The van der Waals surface area contributed by atoms with E-state index < -0.39 is 0 Å². The molecular formula is C10H21N5. The van der Waals surface area contributed by atoms with Crippen molar-refractivity contribution in [2.75, 3.05) is 44.9 Å². The standard InChI is InChI=1S/C10H21N5/c1-13(2)6-5-7-14(3)10-9(11)8-15(4)12-10/h8H,5-7,11H2,1-4H3. The first kappa shape index (κ1) is 11.8. The first-order valence-electron chi connectivity index (χ1n) is 5.15. The zero-order valence-corrected chi connectivity index (χ0v) is 10.1. The Morgan fingerprint density at radius 1 is 1.33 bits per heavy atom. The normalized spacial score (nSPS) is 11.0. The van der Waals surface area contributed by atoms with Gasteiger partial charge in [0.2, 0.25) is 0 Å². The van der Waals surface area contributed by atoms with Gasteiger partial charge < -0.3 is 15.5 Å². The van der Waals surface area contributed by atoms with Gasteiger partial charge in [-0.2, -0.15) is 5.10 Å². The number of anilines is 2. The number of nitrogen functional groups attached to an aromatic ring is 1. The summed E-state index contributed by atoms with van der Waals surface area (Å²) in [5.74, 6) is 0.872. The maximum Gasteiger partial charge on any atom is 0.173 e. The highest BCUT2D eigenvalue weighted by Crippen LogP contribution is 2.18. The molecule has 1 rings (SSSR count). The van der Waals surface area contributed by atoms with E-state index in [2.05, 4.69) is 29.0 Å². The van der Waals surface area contributed by atoms with Crippen LogP contribution < -0.4 is 10.6 Å². The molecule has 5 heteroatoms. The van der Waals surface area contributed by atoms with Crippen molar-refractivity contribution >= 4 is 11.5 Å². The molecular weight excluding hydrogens is 190 g/mol. The molecule has 0 unspecified atom stereocenters. The minimum absolute atomic E-state index is 0.741. The fourth-order valence-corrected chi connectivity index (χ4v) is 1.52. The number of nitrogens with two attached hydrogens (primary N) is 1. The van der Waals surface area contributed by atoms with Gasteiger partial charge in [-0.05, 0) is 27.1 Å². The van der Waals surface area contributed by atoms with E-state index in [4.69, 9.17) is 5.73 Å². The van der Waals surface area contributed by atoms with Crippen LogP contribution in [0.1, 0.15) is 6.42 Å². The van der Waals surface area contributed by atoms with E-state index in [0.717, 1.165) is 31.0 Å². The summed E-state index contributed by atoms with van der Waals surface area (Å²) in [5, 5.41) is 4.31. The van der Waals surface area contributed by atoms with Crippen molar-refractivity contribution in [3.8, 4) is 0 Å². The summed E-state index contributed by atoms with van der Waals surface area (Å²) in [6.07, 6.45) is 2.94. The van der Waals surface area contributed by atoms with Crippen LogP contribution in [0.3, 0.4) is 0 Å². The third kappa shape index (κ3) is 3.43. The van der Waals surface area contributed by atoms with Gasteiger partial charge in [-0.15, -0.1) is 0 Å². The van der Waals surface area contributed by atoms with Crippen LogP contribution in [0.4, 0.5) is 11.5 Å². The summed E-state index contributed by atoms with van der Waals surface area (Å²) in [6, 6.07) is 0. The van der Waals surface area contributed by atoms with E-state index in [0.29, 0.717) is 0 Å². The maximum atomic E-state index is 5.84. The van der Waals surface area contributed by atoms with Gasteiger partial charge in [-0.3, -0.25) is 4.68 Å². The fraction of sp³-hybridized carbons (Fsp3) is 0.700. The highest BCUT2D eigenvalue weighted by atomic mass is 15.3. The molecule has 0 radical (unpaired) electrons. The molecule has 2 N–H and O–H groups in total. The Balaban J connectivity index is 2.46. The Bertz CT molecular complexity index is 305. The van der Waals surface area contributed by atoms with Crippen LogP contribution in [0, 0.1) is 0 Å². The summed E-state index contributed by atoms with van der Waals surface area (Å²) in [7, 11) is 8.06. The molecule has 1 aromatic heterocycles. The van der Waals surface area contributed by atoms with Gasteiger partial charge in [-0.25, -0.2) is 0 Å². The first-order chi connectivity index (χ1) is 7.00. The maximum absolute atomic E-state index is 5.84. The number of hydrogen-bond acceptors (Lipinski definition) is 4. The molecule has 1 aromatic rings. The molecule has 0 aliphatic rings. The monoisotopic (exact) mass is 211 g/mol. The Morgan fingerprint density at radius 3 is 2.47 bits per heavy atom. The van der Waals surface area contributed by atoms with Crippen LogP contribution >= 0.6 is 0 Å². The molecule has 0 aliphatic heterocycles. The lowest BCUT2D eigenvalue weighted by Gasteiger charge is -2.18. The van der Waals surface area contributed by atoms with Gasteiger partial charge >= 0.3 is 0 Å². The van der Waals surface area contributed by atoms with Gasteiger partial charge in [-0.1, -0.05) is 0 Å². The van der Waals surface area contributed by atoms with Crippen molar-refractivity contribution in [1.29, 1.82) is 0 Å². The third-order valence-electron chi connectivity index (χ3n) is 2.30. The zero-order chi connectivity index (χ0) is 11.4. The minimum Gasteiger partial charge on any atom is -0.394 e. The molecule has 0 spiro atoms. The smallest absolute Gasteiger partial charge is 0.173 e. The fourth-order valence-electron chi connectivity index (χ4n) is 1.52. The van der Waals surface area contributed by atoms with Gasteiger partial charge in [0.15, 0.2) is 5.82 Å². The SMILES string of the molecule is CN(C)CCCN(C)c1nn(C)cc1N. The lowest BCUT2D eigenvalue weighted by molar-refractivity contribution is 0.401. The van der Waals surface area contributed by atoms with Crippen LogP contribution in [-0.2, 0) is 7.05 Å². The Labute approximate surface area is 91.5 Å². The third-order valence-corrected chi connectivity index (χ3v) is 2.30. The van der Waals surface area contributed by atoms with E-state index in [1.165, 1.54) is 0 Å². The summed E-state index contributed by atoms with van der Waals surface area (Å²) in [4.78, 5) is 4.27. The predicted octanol–water partition coefficient (Wildman–Crippen LogP) is 0.390. The van der Waals surface area contributed by atoms with Crippen LogP contribution in [0.15, 0.2) is 6.20 Å². The second-order valence-corrected chi connectivity index (χ2v) is 4.16. The van der Waals surface area contributed by atoms with E-state index in [-0.39, 0.29) is 0 Å². The van der Waals surface area contributed by atoms with Gasteiger partial charge in [0.1, 0.15) is 0 Å². The van der Waals surface area contributed by atoms with Crippen LogP contribution in [0.25, 0.3) is 0 Å². The van der Waals surface area contributed by atoms with Gasteiger partial charge in [0, 0.05) is 26.8 Å². The quantitative estimate of drug-likeness (QED) is 0.765. The molecule has 15 heavy (non-hydrogen) atoms. The predicted molar refractivity (Wildman–Crippen MR) is 64.1 cm³/mol. The highest BCUT2D eigenvalue weighted by molar-refractivity contribution is 5.61. The summed E-state index contributed by atoms with van der Waals surface area (Å²) < 4.78 is 1.74.